The molecular weight excluding hydrogens is 410 g/mol. The number of carbonyl (C=O) groups is 1. The minimum absolute atomic E-state index is 0.00214. The maximum absolute atomic E-state index is 13.4. The molecular formula is C25H27NO4S. The Labute approximate surface area is 183 Å². The molecule has 1 saturated heterocycles. The third-order valence-electron chi connectivity index (χ3n) is 6.31. The summed E-state index contributed by atoms with van der Waals surface area (Å²) >= 11 is 0. The number of hydrogen-bond acceptors (Lipinski definition) is 3. The standard InChI is InChI=1S/C25H27NO4S/c27-25(28)18-22(17-19-7-2-1-3-8-19)20-13-15-26(16-14-20)31(29,30)24-12-6-10-21-9-4-5-11-23(21)24/h1-12,20,22H,13-18H2,(H,27,28). The molecule has 162 valence electrons. The van der Waals surface area contributed by atoms with Crippen LogP contribution in [-0.2, 0) is 21.2 Å². The second kappa shape index (κ2) is 9.20. The molecule has 4 rings (SSSR count). The summed E-state index contributed by atoms with van der Waals surface area (Å²) in [5.74, 6) is -0.607. The van der Waals surface area contributed by atoms with Crippen molar-refractivity contribution in [2.45, 2.75) is 30.6 Å². The molecule has 1 aliphatic heterocycles. The van der Waals surface area contributed by atoms with Gasteiger partial charge in [0.2, 0.25) is 10.0 Å². The second-order valence-electron chi connectivity index (χ2n) is 8.27. The molecule has 0 radical (unpaired) electrons. The molecule has 3 aromatic carbocycles. The predicted molar refractivity (Wildman–Crippen MR) is 121 cm³/mol. The third kappa shape index (κ3) is 4.81. The van der Waals surface area contributed by atoms with Crippen LogP contribution in [0.25, 0.3) is 10.8 Å². The van der Waals surface area contributed by atoms with E-state index in [4.69, 9.17) is 0 Å². The van der Waals surface area contributed by atoms with Gasteiger partial charge in [0, 0.05) is 24.9 Å². The monoisotopic (exact) mass is 437 g/mol. The van der Waals surface area contributed by atoms with Gasteiger partial charge < -0.3 is 5.11 Å². The highest BCUT2D eigenvalue weighted by Crippen LogP contribution is 2.33. The van der Waals surface area contributed by atoms with E-state index < -0.39 is 16.0 Å². The lowest BCUT2D eigenvalue weighted by molar-refractivity contribution is -0.138. The van der Waals surface area contributed by atoms with Gasteiger partial charge in [0.05, 0.1) is 4.90 Å². The normalized spacial score (nSPS) is 16.9. The molecule has 1 N–H and O–H groups in total. The number of rotatable bonds is 7. The van der Waals surface area contributed by atoms with Gasteiger partial charge in [0.25, 0.3) is 0 Å². The van der Waals surface area contributed by atoms with Gasteiger partial charge in [0.15, 0.2) is 0 Å². The first-order chi connectivity index (χ1) is 14.9. The van der Waals surface area contributed by atoms with Crippen LogP contribution in [0, 0.1) is 11.8 Å². The molecule has 0 aliphatic carbocycles. The fourth-order valence-electron chi connectivity index (χ4n) is 4.69. The number of nitrogens with zero attached hydrogens (tertiary/aromatic N) is 1. The van der Waals surface area contributed by atoms with Crippen molar-refractivity contribution in [3.63, 3.8) is 0 Å². The molecule has 5 nitrogen and oxygen atoms in total. The highest BCUT2D eigenvalue weighted by Gasteiger charge is 2.34. The van der Waals surface area contributed by atoms with E-state index in [-0.39, 0.29) is 18.3 Å². The Hall–Kier alpha value is -2.70. The minimum atomic E-state index is -3.60. The van der Waals surface area contributed by atoms with Crippen molar-refractivity contribution in [2.75, 3.05) is 13.1 Å². The van der Waals surface area contributed by atoms with Crippen molar-refractivity contribution in [3.8, 4) is 0 Å². The van der Waals surface area contributed by atoms with Gasteiger partial charge >= 0.3 is 5.97 Å². The van der Waals surface area contributed by atoms with E-state index in [1.165, 1.54) is 0 Å². The van der Waals surface area contributed by atoms with E-state index in [9.17, 15) is 18.3 Å². The number of carboxylic acids is 1. The van der Waals surface area contributed by atoms with Crippen molar-refractivity contribution >= 4 is 26.8 Å². The summed E-state index contributed by atoms with van der Waals surface area (Å²) < 4.78 is 28.3. The molecule has 0 spiro atoms. The fourth-order valence-corrected chi connectivity index (χ4v) is 6.38. The van der Waals surface area contributed by atoms with E-state index >= 15 is 0 Å². The second-order valence-corrected chi connectivity index (χ2v) is 10.2. The Bertz CT molecular complexity index is 1150. The molecule has 0 amide bonds. The number of piperidine rings is 1. The third-order valence-corrected chi connectivity index (χ3v) is 8.27. The lowest BCUT2D eigenvalue weighted by atomic mass is 9.79. The average molecular weight is 438 g/mol. The predicted octanol–water partition coefficient (Wildman–Crippen LogP) is 4.57. The van der Waals surface area contributed by atoms with Gasteiger partial charge in [0.1, 0.15) is 0 Å². The van der Waals surface area contributed by atoms with Crippen molar-refractivity contribution in [3.05, 3.63) is 78.4 Å². The fraction of sp³-hybridized carbons (Fsp3) is 0.320. The van der Waals surface area contributed by atoms with Crippen LogP contribution >= 0.6 is 0 Å². The highest BCUT2D eigenvalue weighted by molar-refractivity contribution is 7.89. The Kier molecular flexibility index (Phi) is 6.39. The summed E-state index contributed by atoms with van der Waals surface area (Å²) in [6.07, 6.45) is 2.16. The lowest BCUT2D eigenvalue weighted by Crippen LogP contribution is -2.40. The largest absolute Gasteiger partial charge is 0.481 e. The molecule has 31 heavy (non-hydrogen) atoms. The van der Waals surface area contributed by atoms with Crippen LogP contribution in [-0.4, -0.2) is 36.9 Å². The van der Waals surface area contributed by atoms with E-state index in [0.29, 0.717) is 37.2 Å². The van der Waals surface area contributed by atoms with Crippen molar-refractivity contribution in [2.24, 2.45) is 11.8 Å². The SMILES string of the molecule is O=C(O)CC(Cc1ccccc1)C1CCN(S(=O)(=O)c2cccc3ccccc23)CC1. The number of fused-ring (bicyclic) bond motifs is 1. The summed E-state index contributed by atoms with van der Waals surface area (Å²) in [6.45, 7) is 0.836. The van der Waals surface area contributed by atoms with Gasteiger partial charge in [-0.05, 0) is 48.1 Å². The molecule has 0 aromatic heterocycles. The van der Waals surface area contributed by atoms with Crippen LogP contribution in [0.15, 0.2) is 77.7 Å². The Balaban J connectivity index is 1.50. The minimum Gasteiger partial charge on any atom is -0.481 e. The number of benzene rings is 3. The molecule has 1 fully saturated rings. The van der Waals surface area contributed by atoms with Gasteiger partial charge in [-0.3, -0.25) is 4.79 Å². The van der Waals surface area contributed by atoms with Crippen molar-refractivity contribution in [1.29, 1.82) is 0 Å². The zero-order valence-corrected chi connectivity index (χ0v) is 18.2. The van der Waals surface area contributed by atoms with Crippen molar-refractivity contribution in [1.82, 2.24) is 4.31 Å². The summed E-state index contributed by atoms with van der Waals surface area (Å²) in [6, 6.07) is 22.8. The summed E-state index contributed by atoms with van der Waals surface area (Å²) in [7, 11) is -3.60. The maximum Gasteiger partial charge on any atom is 0.303 e. The quantitative estimate of drug-likeness (QED) is 0.587. The van der Waals surface area contributed by atoms with Gasteiger partial charge in [-0.15, -0.1) is 0 Å². The molecule has 0 bridgehead atoms. The number of hydrogen-bond donors (Lipinski definition) is 1. The Morgan fingerprint density at radius 2 is 1.58 bits per heavy atom. The van der Waals surface area contributed by atoms with Crippen LogP contribution in [0.5, 0.6) is 0 Å². The topological polar surface area (TPSA) is 74.7 Å². The zero-order chi connectivity index (χ0) is 21.8. The smallest absolute Gasteiger partial charge is 0.303 e. The Morgan fingerprint density at radius 3 is 2.29 bits per heavy atom. The molecule has 1 aliphatic rings. The van der Waals surface area contributed by atoms with Gasteiger partial charge in [-0.1, -0.05) is 66.7 Å². The van der Waals surface area contributed by atoms with Gasteiger partial charge in [-0.2, -0.15) is 4.31 Å². The van der Waals surface area contributed by atoms with Crippen LogP contribution in [0.2, 0.25) is 0 Å². The molecule has 3 aromatic rings. The van der Waals surface area contributed by atoms with Crippen molar-refractivity contribution < 1.29 is 18.3 Å². The first-order valence-electron chi connectivity index (χ1n) is 10.7. The van der Waals surface area contributed by atoms with E-state index in [0.717, 1.165) is 16.3 Å². The van der Waals surface area contributed by atoms with E-state index in [1.54, 1.807) is 16.4 Å². The highest BCUT2D eigenvalue weighted by atomic mass is 32.2. The first kappa shape index (κ1) is 21.5. The zero-order valence-electron chi connectivity index (χ0n) is 17.4. The number of aliphatic carboxylic acids is 1. The average Bonchev–Trinajstić information content (AvgIpc) is 2.79. The van der Waals surface area contributed by atoms with Crippen LogP contribution in [0.1, 0.15) is 24.8 Å². The van der Waals surface area contributed by atoms with Crippen LogP contribution < -0.4 is 0 Å². The van der Waals surface area contributed by atoms with Crippen LogP contribution in [0.4, 0.5) is 0 Å². The first-order valence-corrected chi connectivity index (χ1v) is 12.1. The summed E-state index contributed by atoms with van der Waals surface area (Å²) in [5, 5.41) is 11.1. The number of carboxylic acid groups (broad SMARTS) is 1. The van der Waals surface area contributed by atoms with Crippen LogP contribution in [0.3, 0.4) is 0 Å². The van der Waals surface area contributed by atoms with E-state index in [2.05, 4.69) is 0 Å². The molecule has 6 heteroatoms. The molecule has 1 unspecified atom stereocenters. The summed E-state index contributed by atoms with van der Waals surface area (Å²) in [4.78, 5) is 11.8. The lowest BCUT2D eigenvalue weighted by Gasteiger charge is -2.35. The summed E-state index contributed by atoms with van der Waals surface area (Å²) in [5.41, 5.74) is 1.12. The van der Waals surface area contributed by atoms with E-state index in [1.807, 2.05) is 60.7 Å². The number of sulfonamides is 1. The maximum atomic E-state index is 13.4. The molecule has 1 heterocycles. The Morgan fingerprint density at radius 1 is 0.935 bits per heavy atom. The molecule has 0 saturated carbocycles. The molecule has 1 atom stereocenters. The van der Waals surface area contributed by atoms with Gasteiger partial charge in [-0.25, -0.2) is 8.42 Å².